The van der Waals surface area contributed by atoms with Gasteiger partial charge in [0.15, 0.2) is 5.69 Å². The van der Waals surface area contributed by atoms with Crippen LogP contribution in [0.4, 0.5) is 32.0 Å². The van der Waals surface area contributed by atoms with Crippen LogP contribution in [0.15, 0.2) is 48.7 Å². The Morgan fingerprint density at radius 2 is 1.77 bits per heavy atom. The fraction of sp³-hybridized carbons (Fsp3) is 0.333. The van der Waals surface area contributed by atoms with E-state index in [1.165, 1.54) is 13.0 Å². The van der Waals surface area contributed by atoms with Crippen LogP contribution in [0.1, 0.15) is 38.5 Å². The van der Waals surface area contributed by atoms with Crippen molar-refractivity contribution in [2.45, 2.75) is 38.3 Å². The van der Waals surface area contributed by atoms with Gasteiger partial charge in [-0.1, -0.05) is 12.1 Å². The summed E-state index contributed by atoms with van der Waals surface area (Å²) in [6.07, 6.45) is -8.97. The van der Waals surface area contributed by atoms with Gasteiger partial charge in [0.2, 0.25) is 6.29 Å². The van der Waals surface area contributed by atoms with E-state index >= 15 is 0 Å². The quantitative estimate of drug-likeness (QED) is 0.408. The van der Waals surface area contributed by atoms with Crippen molar-refractivity contribution < 1.29 is 50.1 Å². The normalized spacial score (nSPS) is 17.8. The van der Waals surface area contributed by atoms with Crippen molar-refractivity contribution in [1.29, 1.82) is 0 Å². The van der Waals surface area contributed by atoms with Crippen LogP contribution in [-0.2, 0) is 16.0 Å². The van der Waals surface area contributed by atoms with Gasteiger partial charge >= 0.3 is 12.5 Å². The third-order valence-corrected chi connectivity index (χ3v) is 5.47. The number of alkyl halides is 6. The summed E-state index contributed by atoms with van der Waals surface area (Å²) in [5.41, 5.74) is -1.09. The monoisotopic (exact) mass is 573 g/mol. The Kier molecular flexibility index (Phi) is 8.29. The number of halogens is 6. The van der Waals surface area contributed by atoms with Gasteiger partial charge in [-0.05, 0) is 31.2 Å². The topological polar surface area (TPSA) is 117 Å². The molecule has 0 radical (unpaired) electrons. The summed E-state index contributed by atoms with van der Waals surface area (Å²) in [7, 11) is 0. The molecule has 2 amide bonds. The molecule has 1 saturated heterocycles. The van der Waals surface area contributed by atoms with Crippen molar-refractivity contribution in [1.82, 2.24) is 20.1 Å². The predicted octanol–water partition coefficient (Wildman–Crippen LogP) is 4.14. The Balaban J connectivity index is 1.53. The molecule has 0 unspecified atom stereocenters. The Morgan fingerprint density at radius 1 is 1.05 bits per heavy atom. The Labute approximate surface area is 222 Å². The van der Waals surface area contributed by atoms with Crippen molar-refractivity contribution in [2.24, 2.45) is 0 Å². The lowest BCUT2D eigenvalue weighted by molar-refractivity contribution is -0.274. The van der Waals surface area contributed by atoms with Crippen molar-refractivity contribution in [3.8, 4) is 5.75 Å². The molecule has 2 N–H and O–H groups in total. The molecule has 0 bridgehead atoms. The number of rotatable bonds is 7. The maximum atomic E-state index is 13.2. The van der Waals surface area contributed by atoms with Gasteiger partial charge in [-0.15, -0.1) is 13.2 Å². The smallest absolute Gasteiger partial charge is 0.406 e. The number of carbonyl (C=O) groups excluding carboxylic acids is 2. The van der Waals surface area contributed by atoms with Gasteiger partial charge in [0.1, 0.15) is 12.3 Å². The minimum atomic E-state index is -4.99. The van der Waals surface area contributed by atoms with E-state index in [4.69, 9.17) is 9.47 Å². The number of carbonyl (C=O) groups is 2. The first-order valence-electron chi connectivity index (χ1n) is 11.6. The molecule has 1 aliphatic heterocycles. The zero-order chi connectivity index (χ0) is 29.1. The van der Waals surface area contributed by atoms with Gasteiger partial charge < -0.3 is 24.8 Å². The van der Waals surface area contributed by atoms with E-state index in [0.717, 1.165) is 18.2 Å². The summed E-state index contributed by atoms with van der Waals surface area (Å²) < 4.78 is 92.4. The van der Waals surface area contributed by atoms with Crippen molar-refractivity contribution in [2.75, 3.05) is 18.5 Å². The molecular formula is C24H21F6N5O5. The summed E-state index contributed by atoms with van der Waals surface area (Å²) in [4.78, 5) is 30.3. The van der Waals surface area contributed by atoms with Gasteiger partial charge in [-0.25, -0.2) is 0 Å². The summed E-state index contributed by atoms with van der Waals surface area (Å²) in [6.45, 7) is -0.484. The number of nitrogens with zero attached hydrogens (tertiary/aromatic N) is 3. The molecule has 1 aromatic carbocycles. The number of anilines is 1. The zero-order valence-corrected chi connectivity index (χ0v) is 20.5. The molecule has 0 aliphatic carbocycles. The third kappa shape index (κ3) is 7.47. The maximum absolute atomic E-state index is 13.2. The van der Waals surface area contributed by atoms with Gasteiger partial charge in [-0.2, -0.15) is 18.3 Å². The number of hydrogen-bond acceptors (Lipinski definition) is 7. The molecule has 0 saturated carbocycles. The Morgan fingerprint density at radius 3 is 2.40 bits per heavy atom. The molecule has 1 aliphatic rings. The fourth-order valence-electron chi connectivity index (χ4n) is 3.79. The van der Waals surface area contributed by atoms with E-state index in [9.17, 15) is 35.9 Å². The fourth-order valence-corrected chi connectivity index (χ4v) is 3.79. The van der Waals surface area contributed by atoms with Crippen LogP contribution in [0.5, 0.6) is 5.75 Å². The van der Waals surface area contributed by atoms with Crippen molar-refractivity contribution in [3.05, 3.63) is 71.3 Å². The number of amides is 2. The highest BCUT2D eigenvalue weighted by molar-refractivity contribution is 6.11. The highest BCUT2D eigenvalue weighted by Gasteiger charge is 2.35. The van der Waals surface area contributed by atoms with E-state index in [1.807, 2.05) is 0 Å². The molecule has 214 valence electrons. The highest BCUT2D eigenvalue weighted by Crippen LogP contribution is 2.27. The van der Waals surface area contributed by atoms with Crippen LogP contribution < -0.4 is 15.4 Å². The van der Waals surface area contributed by atoms with E-state index < -0.39 is 60.2 Å². The standard InChI is InChI=1S/C24H21F6N5O5/c1-13-18(20(36)33-15-10-38-22(39-11-15)17-7-2-3-8-31-17)19(34-35(13)12-23(25,26)27)21(37)32-14-5-4-6-16(9-14)40-24(28,29)30/h2-9,15,22H,10-12H2,1H3,(H,32,37)(H,33,36). The van der Waals surface area contributed by atoms with Crippen LogP contribution >= 0.6 is 0 Å². The summed E-state index contributed by atoms with van der Waals surface area (Å²) in [5.74, 6) is -2.72. The van der Waals surface area contributed by atoms with Gasteiger partial charge in [0, 0.05) is 23.6 Å². The van der Waals surface area contributed by atoms with Crippen LogP contribution in [0.2, 0.25) is 0 Å². The molecule has 2 aromatic heterocycles. The van der Waals surface area contributed by atoms with Crippen molar-refractivity contribution in [3.63, 3.8) is 0 Å². The minimum Gasteiger partial charge on any atom is -0.406 e. The van der Waals surface area contributed by atoms with Gasteiger partial charge in [-0.3, -0.25) is 19.3 Å². The number of hydrogen-bond donors (Lipinski definition) is 2. The molecule has 3 heterocycles. The molecule has 16 heteroatoms. The lowest BCUT2D eigenvalue weighted by atomic mass is 10.1. The van der Waals surface area contributed by atoms with Crippen LogP contribution in [-0.4, -0.2) is 58.4 Å². The van der Waals surface area contributed by atoms with Crippen LogP contribution in [0.3, 0.4) is 0 Å². The van der Waals surface area contributed by atoms with Gasteiger partial charge in [0.05, 0.1) is 30.5 Å². The van der Waals surface area contributed by atoms with E-state index in [-0.39, 0.29) is 24.6 Å². The average molecular weight is 573 g/mol. The third-order valence-electron chi connectivity index (χ3n) is 5.47. The van der Waals surface area contributed by atoms with Crippen molar-refractivity contribution >= 4 is 17.5 Å². The predicted molar refractivity (Wildman–Crippen MR) is 124 cm³/mol. The van der Waals surface area contributed by atoms with E-state index in [0.29, 0.717) is 10.4 Å². The average Bonchev–Trinajstić information content (AvgIpc) is 3.19. The van der Waals surface area contributed by atoms with E-state index in [2.05, 4.69) is 25.5 Å². The van der Waals surface area contributed by atoms with E-state index in [1.54, 1.807) is 24.4 Å². The first kappa shape index (κ1) is 28.8. The van der Waals surface area contributed by atoms with Crippen LogP contribution in [0, 0.1) is 6.92 Å². The number of pyridine rings is 1. The zero-order valence-electron chi connectivity index (χ0n) is 20.5. The first-order valence-corrected chi connectivity index (χ1v) is 11.6. The SMILES string of the molecule is Cc1c(C(=O)NC2COC(c3ccccn3)OC2)c(C(=O)Nc2cccc(OC(F)(F)F)c2)nn1CC(F)(F)F. The summed E-state index contributed by atoms with van der Waals surface area (Å²) in [6, 6.07) is 8.58. The largest absolute Gasteiger partial charge is 0.573 e. The molecule has 0 atom stereocenters. The molecule has 10 nitrogen and oxygen atoms in total. The maximum Gasteiger partial charge on any atom is 0.573 e. The second-order valence-electron chi connectivity index (χ2n) is 8.54. The van der Waals surface area contributed by atoms with Gasteiger partial charge in [0.25, 0.3) is 11.8 Å². The molecule has 40 heavy (non-hydrogen) atoms. The lowest BCUT2D eigenvalue weighted by Crippen LogP contribution is -2.45. The second-order valence-corrected chi connectivity index (χ2v) is 8.54. The second kappa shape index (κ2) is 11.5. The minimum absolute atomic E-state index is 0.0315. The molecule has 0 spiro atoms. The lowest BCUT2D eigenvalue weighted by Gasteiger charge is -2.29. The number of ether oxygens (including phenoxy) is 3. The summed E-state index contributed by atoms with van der Waals surface area (Å²) >= 11 is 0. The first-order chi connectivity index (χ1) is 18.8. The Bertz CT molecular complexity index is 1350. The van der Waals surface area contributed by atoms with Crippen LogP contribution in [0.25, 0.3) is 0 Å². The molecule has 4 rings (SSSR count). The summed E-state index contributed by atoms with van der Waals surface area (Å²) in [5, 5.41) is 8.46. The number of aromatic nitrogens is 3. The molecule has 1 fully saturated rings. The Hall–Kier alpha value is -4.18. The number of benzene rings is 1. The molecular weight excluding hydrogens is 552 g/mol. The highest BCUT2D eigenvalue weighted by atomic mass is 19.4. The molecule has 3 aromatic rings. The number of nitrogens with one attached hydrogen (secondary N) is 2.